The third kappa shape index (κ3) is 17.7. The second-order valence-corrected chi connectivity index (χ2v) is 1.82. The van der Waals surface area contributed by atoms with Crippen molar-refractivity contribution in [3.05, 3.63) is 36.8 Å². The van der Waals surface area contributed by atoms with E-state index in [-0.39, 0.29) is 5.83 Å². The summed E-state index contributed by atoms with van der Waals surface area (Å²) in [6.07, 6.45) is 4.88. The van der Waals surface area contributed by atoms with Crippen LogP contribution in [0.15, 0.2) is 36.8 Å². The Morgan fingerprint density at radius 2 is 1.73 bits per heavy atom. The van der Waals surface area contributed by atoms with Gasteiger partial charge >= 0.3 is 0 Å². The molecule has 0 unspecified atom stereocenters. The van der Waals surface area contributed by atoms with Gasteiger partial charge in [0.2, 0.25) is 0 Å². The van der Waals surface area contributed by atoms with Crippen LogP contribution in [0.2, 0.25) is 0 Å². The van der Waals surface area contributed by atoms with Gasteiger partial charge in [0.05, 0.1) is 5.83 Å². The lowest BCUT2D eigenvalue weighted by Gasteiger charge is -1.88. The zero-order valence-corrected chi connectivity index (χ0v) is 6.65. The van der Waals surface area contributed by atoms with Gasteiger partial charge in [0, 0.05) is 11.3 Å². The Balaban J connectivity index is 0. The molecule has 0 aliphatic heterocycles. The Kier molecular flexibility index (Phi) is 7.36. The monoisotopic (exact) mass is 153 g/mol. The van der Waals surface area contributed by atoms with Gasteiger partial charge in [-0.25, -0.2) is 4.39 Å². The SMILES string of the molecule is C#CC(=C)C(=C)N.C=C(C)F. The number of terminal acetylenes is 1. The van der Waals surface area contributed by atoms with Gasteiger partial charge in [-0.1, -0.05) is 25.7 Å². The van der Waals surface area contributed by atoms with Crippen LogP contribution in [0.25, 0.3) is 0 Å². The van der Waals surface area contributed by atoms with Crippen molar-refractivity contribution < 1.29 is 4.39 Å². The lowest BCUT2D eigenvalue weighted by Crippen LogP contribution is -1.94. The minimum atomic E-state index is -0.333. The minimum absolute atomic E-state index is 0.333. The summed E-state index contributed by atoms with van der Waals surface area (Å²) in [6.45, 7) is 11.0. The Bertz CT molecular complexity index is 204. The average molecular weight is 153 g/mol. The molecule has 0 bridgehead atoms. The molecule has 0 aromatic heterocycles. The van der Waals surface area contributed by atoms with Gasteiger partial charge < -0.3 is 5.73 Å². The smallest absolute Gasteiger partial charge is 0.0897 e. The van der Waals surface area contributed by atoms with Gasteiger partial charge in [0.15, 0.2) is 0 Å². The van der Waals surface area contributed by atoms with Crippen molar-refractivity contribution in [1.82, 2.24) is 0 Å². The van der Waals surface area contributed by atoms with E-state index in [0.29, 0.717) is 11.3 Å². The van der Waals surface area contributed by atoms with E-state index in [4.69, 9.17) is 12.2 Å². The molecule has 0 heterocycles. The summed E-state index contributed by atoms with van der Waals surface area (Å²) in [7, 11) is 0. The average Bonchev–Trinajstić information content (AvgIpc) is 1.85. The van der Waals surface area contributed by atoms with Crippen molar-refractivity contribution in [2.24, 2.45) is 5.73 Å². The Morgan fingerprint density at radius 1 is 1.45 bits per heavy atom. The molecular formula is C9H12FN. The van der Waals surface area contributed by atoms with Crippen molar-refractivity contribution in [2.75, 3.05) is 0 Å². The van der Waals surface area contributed by atoms with E-state index in [9.17, 15) is 4.39 Å². The molecule has 0 saturated heterocycles. The van der Waals surface area contributed by atoms with E-state index in [1.165, 1.54) is 6.92 Å². The normalized spacial score (nSPS) is 6.64. The topological polar surface area (TPSA) is 26.0 Å². The highest BCUT2D eigenvalue weighted by Gasteiger charge is 1.82. The van der Waals surface area contributed by atoms with Gasteiger partial charge in [0.25, 0.3) is 0 Å². The van der Waals surface area contributed by atoms with Crippen molar-refractivity contribution in [2.45, 2.75) is 6.92 Å². The lowest BCUT2D eigenvalue weighted by atomic mass is 10.3. The Morgan fingerprint density at radius 3 is 1.73 bits per heavy atom. The van der Waals surface area contributed by atoms with Crippen LogP contribution in [0, 0.1) is 12.3 Å². The van der Waals surface area contributed by atoms with E-state index in [0.717, 1.165) is 0 Å². The summed E-state index contributed by atoms with van der Waals surface area (Å²) < 4.78 is 10.8. The maximum Gasteiger partial charge on any atom is 0.0897 e. The number of rotatable bonds is 1. The third-order valence-corrected chi connectivity index (χ3v) is 0.562. The number of hydrogen-bond donors (Lipinski definition) is 1. The first-order chi connectivity index (χ1) is 4.91. The fourth-order valence-corrected chi connectivity index (χ4v) is 0.0927. The van der Waals surface area contributed by atoms with E-state index in [1.54, 1.807) is 0 Å². The first-order valence-corrected chi connectivity index (χ1v) is 2.83. The molecule has 0 amide bonds. The van der Waals surface area contributed by atoms with Gasteiger partial charge in [-0.3, -0.25) is 0 Å². The van der Waals surface area contributed by atoms with Gasteiger partial charge in [0.1, 0.15) is 0 Å². The molecular weight excluding hydrogens is 141 g/mol. The number of nitrogens with two attached hydrogens (primary N) is 1. The first-order valence-electron chi connectivity index (χ1n) is 2.83. The number of hydrogen-bond acceptors (Lipinski definition) is 1. The van der Waals surface area contributed by atoms with E-state index >= 15 is 0 Å². The Labute approximate surface area is 67.1 Å². The molecule has 0 radical (unpaired) electrons. The van der Waals surface area contributed by atoms with Crippen molar-refractivity contribution in [1.29, 1.82) is 0 Å². The highest BCUT2D eigenvalue weighted by atomic mass is 19.1. The first kappa shape index (κ1) is 12.2. The fraction of sp³-hybridized carbons (Fsp3) is 0.111. The molecule has 11 heavy (non-hydrogen) atoms. The van der Waals surface area contributed by atoms with Crippen LogP contribution in [0.1, 0.15) is 6.92 Å². The molecule has 0 atom stereocenters. The highest BCUT2D eigenvalue weighted by Crippen LogP contribution is 1.91. The molecule has 0 spiro atoms. The molecule has 0 rings (SSSR count). The van der Waals surface area contributed by atoms with Crippen LogP contribution in [-0.4, -0.2) is 0 Å². The standard InChI is InChI=1S/C6H7N.C3H5F/c1-4-5(2)6(3)7;1-3(2)4/h1H,2-3,7H2;1H2,2H3. The highest BCUT2D eigenvalue weighted by molar-refractivity contribution is 5.37. The van der Waals surface area contributed by atoms with Crippen LogP contribution in [0.3, 0.4) is 0 Å². The number of allylic oxidation sites excluding steroid dienone is 2. The third-order valence-electron chi connectivity index (χ3n) is 0.562. The molecule has 2 heteroatoms. The maximum absolute atomic E-state index is 10.8. The van der Waals surface area contributed by atoms with Crippen LogP contribution >= 0.6 is 0 Å². The predicted molar refractivity (Wildman–Crippen MR) is 47.2 cm³/mol. The van der Waals surface area contributed by atoms with Gasteiger partial charge in [-0.2, -0.15) is 0 Å². The van der Waals surface area contributed by atoms with Crippen LogP contribution in [0.4, 0.5) is 4.39 Å². The van der Waals surface area contributed by atoms with Gasteiger partial charge in [-0.15, -0.1) is 6.42 Å². The molecule has 0 saturated carbocycles. The summed E-state index contributed by atoms with van der Waals surface area (Å²) in [4.78, 5) is 0. The van der Waals surface area contributed by atoms with Gasteiger partial charge in [-0.05, 0) is 6.92 Å². The molecule has 2 N–H and O–H groups in total. The summed E-state index contributed by atoms with van der Waals surface area (Å²) in [6, 6.07) is 0. The van der Waals surface area contributed by atoms with Crippen LogP contribution in [-0.2, 0) is 0 Å². The second-order valence-electron chi connectivity index (χ2n) is 1.82. The van der Waals surface area contributed by atoms with Crippen LogP contribution < -0.4 is 5.73 Å². The zero-order chi connectivity index (χ0) is 9.44. The second kappa shape index (κ2) is 6.63. The minimum Gasteiger partial charge on any atom is -0.398 e. The van der Waals surface area contributed by atoms with E-state index in [2.05, 4.69) is 25.7 Å². The quantitative estimate of drug-likeness (QED) is 0.453. The Hall–Kier alpha value is -1.49. The lowest BCUT2D eigenvalue weighted by molar-refractivity contribution is 0.645. The molecule has 0 aliphatic rings. The molecule has 0 aromatic carbocycles. The number of halogens is 1. The zero-order valence-electron chi connectivity index (χ0n) is 6.65. The van der Waals surface area contributed by atoms with E-state index in [1.807, 2.05) is 0 Å². The molecule has 60 valence electrons. The maximum atomic E-state index is 10.8. The molecule has 0 aromatic rings. The van der Waals surface area contributed by atoms with Crippen molar-refractivity contribution >= 4 is 0 Å². The van der Waals surface area contributed by atoms with E-state index < -0.39 is 0 Å². The summed E-state index contributed by atoms with van der Waals surface area (Å²) in [5.41, 5.74) is 5.93. The predicted octanol–water partition coefficient (Wildman–Crippen LogP) is 2.14. The summed E-state index contributed by atoms with van der Waals surface area (Å²) in [5.74, 6) is 1.91. The van der Waals surface area contributed by atoms with Crippen molar-refractivity contribution in [3.8, 4) is 12.3 Å². The fourth-order valence-electron chi connectivity index (χ4n) is 0.0927. The molecule has 1 nitrogen and oxygen atoms in total. The van der Waals surface area contributed by atoms with Crippen LogP contribution in [0.5, 0.6) is 0 Å². The largest absolute Gasteiger partial charge is 0.398 e. The molecule has 0 aliphatic carbocycles. The van der Waals surface area contributed by atoms with Crippen molar-refractivity contribution in [3.63, 3.8) is 0 Å². The molecule has 0 fully saturated rings. The summed E-state index contributed by atoms with van der Waals surface area (Å²) >= 11 is 0. The summed E-state index contributed by atoms with van der Waals surface area (Å²) in [5, 5.41) is 0.